The van der Waals surface area contributed by atoms with Crippen LogP contribution in [0, 0.1) is 13.8 Å². The third kappa shape index (κ3) is 3.00. The molecule has 0 aliphatic rings. The van der Waals surface area contributed by atoms with Crippen molar-refractivity contribution in [1.82, 2.24) is 9.97 Å². The van der Waals surface area contributed by atoms with Crippen LogP contribution in [0.5, 0.6) is 0 Å². The highest BCUT2D eigenvalue weighted by Gasteiger charge is 2.11. The van der Waals surface area contributed by atoms with Gasteiger partial charge in [0, 0.05) is 16.9 Å². The zero-order valence-corrected chi connectivity index (χ0v) is 11.2. The van der Waals surface area contributed by atoms with E-state index in [1.807, 2.05) is 6.92 Å². The Hall–Kier alpha value is -2.14. The van der Waals surface area contributed by atoms with Crippen LogP contribution in [0.4, 0.5) is 5.69 Å². The summed E-state index contributed by atoms with van der Waals surface area (Å²) in [5.41, 5.74) is 0.931. The Morgan fingerprint density at radius 1 is 1.37 bits per heavy atom. The maximum Gasteiger partial charge on any atom is 0.263 e. The van der Waals surface area contributed by atoms with Gasteiger partial charge in [-0.2, -0.15) is 0 Å². The van der Waals surface area contributed by atoms with Crippen LogP contribution in [-0.2, 0) is 0 Å². The molecule has 2 N–H and O–H groups in total. The predicted octanol–water partition coefficient (Wildman–Crippen LogP) is 2.29. The van der Waals surface area contributed by atoms with Crippen LogP contribution in [0.2, 0.25) is 5.02 Å². The van der Waals surface area contributed by atoms with Crippen molar-refractivity contribution in [3.05, 3.63) is 56.7 Å². The largest absolute Gasteiger partial charge is 0.322 e. The summed E-state index contributed by atoms with van der Waals surface area (Å²) in [4.78, 5) is 29.9. The van der Waals surface area contributed by atoms with Gasteiger partial charge in [0.2, 0.25) is 0 Å². The van der Waals surface area contributed by atoms with E-state index in [0.29, 0.717) is 16.5 Å². The molecule has 1 aromatic carbocycles. The summed E-state index contributed by atoms with van der Waals surface area (Å²) in [7, 11) is 0. The number of carbonyl (C=O) groups is 1. The first-order chi connectivity index (χ1) is 8.97. The molecule has 0 bridgehead atoms. The van der Waals surface area contributed by atoms with Gasteiger partial charge in [0.15, 0.2) is 0 Å². The van der Waals surface area contributed by atoms with Crippen LogP contribution >= 0.6 is 11.6 Å². The molecule has 0 spiro atoms. The molecule has 0 unspecified atom stereocenters. The molecule has 0 saturated heterocycles. The van der Waals surface area contributed by atoms with Crippen molar-refractivity contribution in [3.63, 3.8) is 0 Å². The molecule has 19 heavy (non-hydrogen) atoms. The van der Waals surface area contributed by atoms with Crippen molar-refractivity contribution in [1.29, 1.82) is 0 Å². The third-order valence-electron chi connectivity index (χ3n) is 2.60. The molecule has 0 saturated carbocycles. The summed E-state index contributed by atoms with van der Waals surface area (Å²) < 4.78 is 0. The normalized spacial score (nSPS) is 10.3. The van der Waals surface area contributed by atoms with Gasteiger partial charge in [-0.25, -0.2) is 4.98 Å². The summed E-state index contributed by atoms with van der Waals surface area (Å²) in [5.74, 6) is -0.0615. The molecule has 2 aromatic rings. The second-order valence-corrected chi connectivity index (χ2v) is 4.54. The maximum atomic E-state index is 11.9. The van der Waals surface area contributed by atoms with E-state index in [9.17, 15) is 9.59 Å². The molecular formula is C13H12ClN3O2. The topological polar surface area (TPSA) is 74.8 Å². The summed E-state index contributed by atoms with van der Waals surface area (Å²) in [5, 5.41) is 3.15. The van der Waals surface area contributed by atoms with Crippen LogP contribution in [0.1, 0.15) is 21.7 Å². The molecule has 1 amide bonds. The Morgan fingerprint density at radius 2 is 2.11 bits per heavy atom. The van der Waals surface area contributed by atoms with Crippen molar-refractivity contribution in [2.24, 2.45) is 0 Å². The van der Waals surface area contributed by atoms with Crippen LogP contribution in [0.15, 0.2) is 29.2 Å². The number of halogens is 1. The van der Waals surface area contributed by atoms with E-state index in [2.05, 4.69) is 15.3 Å². The van der Waals surface area contributed by atoms with E-state index >= 15 is 0 Å². The minimum Gasteiger partial charge on any atom is -0.322 e. The van der Waals surface area contributed by atoms with Gasteiger partial charge in [-0.3, -0.25) is 9.59 Å². The van der Waals surface area contributed by atoms with Gasteiger partial charge in [0.05, 0.1) is 0 Å². The highest BCUT2D eigenvalue weighted by molar-refractivity contribution is 6.31. The lowest BCUT2D eigenvalue weighted by molar-refractivity contribution is 0.102. The van der Waals surface area contributed by atoms with Crippen LogP contribution in [0.25, 0.3) is 0 Å². The number of carbonyl (C=O) groups excluding carboxylic acids is 1. The molecule has 0 atom stereocenters. The number of rotatable bonds is 2. The number of H-pyrrole nitrogens is 1. The van der Waals surface area contributed by atoms with E-state index in [-0.39, 0.29) is 5.56 Å². The molecule has 0 aliphatic carbocycles. The zero-order valence-electron chi connectivity index (χ0n) is 10.5. The molecule has 1 heterocycles. The van der Waals surface area contributed by atoms with Gasteiger partial charge in [0.1, 0.15) is 11.4 Å². The van der Waals surface area contributed by atoms with Gasteiger partial charge in [0.25, 0.3) is 11.5 Å². The van der Waals surface area contributed by atoms with Crippen molar-refractivity contribution >= 4 is 23.2 Å². The van der Waals surface area contributed by atoms with Gasteiger partial charge in [-0.15, -0.1) is 0 Å². The molecule has 0 radical (unpaired) electrons. The monoisotopic (exact) mass is 277 g/mol. The average molecular weight is 278 g/mol. The van der Waals surface area contributed by atoms with Crippen molar-refractivity contribution in [2.75, 3.05) is 5.32 Å². The second kappa shape index (κ2) is 5.24. The number of aryl methyl sites for hydroxylation is 2. The molecule has 0 fully saturated rings. The summed E-state index contributed by atoms with van der Waals surface area (Å²) in [6, 6.07) is 5.13. The number of benzene rings is 1. The minimum absolute atomic E-state index is 0.0395. The maximum absolute atomic E-state index is 11.9. The van der Waals surface area contributed by atoms with Gasteiger partial charge < -0.3 is 10.3 Å². The van der Waals surface area contributed by atoms with E-state index in [1.165, 1.54) is 6.20 Å². The lowest BCUT2D eigenvalue weighted by atomic mass is 10.2. The number of aromatic nitrogens is 2. The number of anilines is 1. The lowest BCUT2D eigenvalue weighted by Gasteiger charge is -2.06. The first-order valence-corrected chi connectivity index (χ1v) is 5.98. The summed E-state index contributed by atoms with van der Waals surface area (Å²) in [6.07, 6.45) is 1.25. The van der Waals surface area contributed by atoms with E-state index in [0.717, 1.165) is 5.56 Å². The van der Waals surface area contributed by atoms with Crippen molar-refractivity contribution < 1.29 is 4.79 Å². The summed E-state index contributed by atoms with van der Waals surface area (Å²) in [6.45, 7) is 3.51. The Kier molecular flexibility index (Phi) is 3.66. The number of nitrogens with one attached hydrogen (secondary N) is 2. The van der Waals surface area contributed by atoms with Crippen molar-refractivity contribution in [3.8, 4) is 0 Å². The number of amides is 1. The predicted molar refractivity (Wildman–Crippen MR) is 73.7 cm³/mol. The van der Waals surface area contributed by atoms with Crippen LogP contribution in [-0.4, -0.2) is 15.9 Å². The molecule has 5 nitrogen and oxygen atoms in total. The number of aromatic amines is 1. The summed E-state index contributed by atoms with van der Waals surface area (Å²) >= 11 is 5.96. The molecule has 2 rings (SSSR count). The Labute approximate surface area is 114 Å². The molecular weight excluding hydrogens is 266 g/mol. The molecule has 0 aliphatic heterocycles. The molecule has 1 aromatic heterocycles. The Morgan fingerprint density at radius 3 is 2.74 bits per heavy atom. The Balaban J connectivity index is 2.25. The highest BCUT2D eigenvalue weighted by atomic mass is 35.5. The average Bonchev–Trinajstić information content (AvgIpc) is 2.33. The smallest absolute Gasteiger partial charge is 0.263 e. The van der Waals surface area contributed by atoms with E-state index < -0.39 is 11.5 Å². The Bertz CT molecular complexity index is 695. The fourth-order valence-corrected chi connectivity index (χ4v) is 1.70. The van der Waals surface area contributed by atoms with Gasteiger partial charge in [-0.05, 0) is 31.5 Å². The minimum atomic E-state index is -0.520. The van der Waals surface area contributed by atoms with E-state index in [1.54, 1.807) is 25.1 Å². The second-order valence-electron chi connectivity index (χ2n) is 4.13. The molecule has 6 heteroatoms. The fraction of sp³-hybridized carbons (Fsp3) is 0.154. The van der Waals surface area contributed by atoms with Crippen molar-refractivity contribution in [2.45, 2.75) is 13.8 Å². The third-order valence-corrected chi connectivity index (χ3v) is 3.01. The van der Waals surface area contributed by atoms with Gasteiger partial charge >= 0.3 is 0 Å². The quantitative estimate of drug-likeness (QED) is 0.884. The lowest BCUT2D eigenvalue weighted by Crippen LogP contribution is -2.24. The first kappa shape index (κ1) is 13.3. The molecule has 98 valence electrons. The SMILES string of the molecule is Cc1ncc(C(=O)Nc2ccc(C)c(Cl)c2)c(=O)[nH]1. The number of nitrogens with zero attached hydrogens (tertiary/aromatic N) is 1. The first-order valence-electron chi connectivity index (χ1n) is 5.61. The van der Waals surface area contributed by atoms with Crippen LogP contribution < -0.4 is 10.9 Å². The number of hydrogen-bond acceptors (Lipinski definition) is 3. The highest BCUT2D eigenvalue weighted by Crippen LogP contribution is 2.20. The zero-order chi connectivity index (χ0) is 14.0. The van der Waals surface area contributed by atoms with Gasteiger partial charge in [-0.1, -0.05) is 17.7 Å². The standard InChI is InChI=1S/C13H12ClN3O2/c1-7-3-4-9(5-11(7)14)17-13(19)10-6-15-8(2)16-12(10)18/h3-6H,1-2H3,(H,17,19)(H,15,16,18). The number of hydrogen-bond donors (Lipinski definition) is 2. The van der Waals surface area contributed by atoms with E-state index in [4.69, 9.17) is 11.6 Å². The van der Waals surface area contributed by atoms with Crippen LogP contribution in [0.3, 0.4) is 0 Å². The fourth-order valence-electron chi connectivity index (χ4n) is 1.51.